The molecule has 2 bridgehead atoms. The molecule has 8 unspecified atom stereocenters. The van der Waals surface area contributed by atoms with Gasteiger partial charge in [0.2, 0.25) is 17.7 Å². The number of likely N-dealkylation sites (tertiary alicyclic amines) is 2. The average molecular weight is 606 g/mol. The third-order valence-electron chi connectivity index (χ3n) is 10.2. The molecule has 224 valence electrons. The molecule has 4 fully saturated rings. The summed E-state index contributed by atoms with van der Waals surface area (Å²) in [7, 11) is 0. The summed E-state index contributed by atoms with van der Waals surface area (Å²) in [6, 6.07) is 6.18. The number of nitrogens with zero attached hydrogens (tertiary/aromatic N) is 2. The first-order valence-corrected chi connectivity index (χ1v) is 15.4. The van der Waals surface area contributed by atoms with E-state index in [2.05, 4.69) is 29.4 Å². The molecule has 1 aromatic carbocycles. The zero-order chi connectivity index (χ0) is 28.0. The monoisotopic (exact) mass is 604 g/mol. The SMILES string of the molecule is CC1CCCC(NC(=O)C2N(CCN3CCCCC3)C(=O)C3C(C(=O)Nc4ccc(Cl)cc4)C4C=CC32O4)C1C.Cl. The van der Waals surface area contributed by atoms with Gasteiger partial charge in [-0.1, -0.05) is 56.9 Å². The van der Waals surface area contributed by atoms with Crippen LogP contribution in [-0.4, -0.2) is 77.5 Å². The third-order valence-corrected chi connectivity index (χ3v) is 10.4. The Bertz CT molecular complexity index is 1170. The van der Waals surface area contributed by atoms with Gasteiger partial charge in [0.05, 0.1) is 17.9 Å². The van der Waals surface area contributed by atoms with E-state index in [1.165, 1.54) is 12.8 Å². The Balaban J connectivity index is 0.00000337. The molecular weight excluding hydrogens is 563 g/mol. The fourth-order valence-electron chi connectivity index (χ4n) is 7.75. The van der Waals surface area contributed by atoms with Crippen LogP contribution in [0.5, 0.6) is 0 Å². The highest BCUT2D eigenvalue weighted by Gasteiger charge is 2.72. The standard InChI is InChI=1S/C31H41ClN4O4.ClH/c1-19-7-6-8-23(20(19)2)34-29(38)27-31-14-13-24(40-31)25(28(37)33-22-11-9-21(32)10-12-22)26(31)30(39)36(27)18-17-35-15-4-3-5-16-35;/h9-14,19-20,23-27H,3-8,15-18H2,1-2H3,(H,33,37)(H,34,38);1H. The van der Waals surface area contributed by atoms with E-state index in [9.17, 15) is 14.4 Å². The molecule has 4 heterocycles. The number of fused-ring (bicyclic) bond motifs is 1. The lowest BCUT2D eigenvalue weighted by atomic mass is 9.73. The summed E-state index contributed by atoms with van der Waals surface area (Å²) in [6.07, 6.45) is 9.95. The van der Waals surface area contributed by atoms with Crippen LogP contribution in [0, 0.1) is 23.7 Å². The second kappa shape index (κ2) is 12.2. The van der Waals surface area contributed by atoms with Crippen molar-refractivity contribution in [2.45, 2.75) is 76.2 Å². The summed E-state index contributed by atoms with van der Waals surface area (Å²) in [4.78, 5) is 46.1. The molecule has 8 nitrogen and oxygen atoms in total. The molecule has 0 radical (unpaired) electrons. The summed E-state index contributed by atoms with van der Waals surface area (Å²) < 4.78 is 6.51. The zero-order valence-corrected chi connectivity index (χ0v) is 25.5. The molecular formula is C31H42Cl2N4O4. The van der Waals surface area contributed by atoms with Gasteiger partial charge in [-0.15, -0.1) is 12.4 Å². The molecule has 4 aliphatic heterocycles. The van der Waals surface area contributed by atoms with Crippen LogP contribution in [0.4, 0.5) is 5.69 Å². The van der Waals surface area contributed by atoms with Crippen molar-refractivity contribution in [3.8, 4) is 0 Å². The third kappa shape index (κ3) is 5.53. The molecule has 6 rings (SSSR count). The first-order chi connectivity index (χ1) is 19.3. The van der Waals surface area contributed by atoms with E-state index in [0.717, 1.165) is 38.8 Å². The number of rotatable bonds is 7. The van der Waals surface area contributed by atoms with Crippen molar-refractivity contribution in [3.63, 3.8) is 0 Å². The molecule has 3 amide bonds. The second-order valence-electron chi connectivity index (χ2n) is 12.5. The lowest BCUT2D eigenvalue weighted by Crippen LogP contribution is -2.58. The zero-order valence-electron chi connectivity index (χ0n) is 23.9. The number of benzene rings is 1. The van der Waals surface area contributed by atoms with Crippen molar-refractivity contribution in [2.24, 2.45) is 23.7 Å². The van der Waals surface area contributed by atoms with E-state index in [-0.39, 0.29) is 36.2 Å². The number of amides is 3. The highest BCUT2D eigenvalue weighted by atomic mass is 35.5. The fourth-order valence-corrected chi connectivity index (χ4v) is 7.87. The van der Waals surface area contributed by atoms with Crippen LogP contribution >= 0.6 is 24.0 Å². The van der Waals surface area contributed by atoms with Gasteiger partial charge in [0.1, 0.15) is 11.6 Å². The van der Waals surface area contributed by atoms with Gasteiger partial charge in [-0.2, -0.15) is 0 Å². The van der Waals surface area contributed by atoms with Crippen LogP contribution in [0.1, 0.15) is 52.4 Å². The highest BCUT2D eigenvalue weighted by molar-refractivity contribution is 6.30. The predicted octanol–water partition coefficient (Wildman–Crippen LogP) is 4.28. The van der Waals surface area contributed by atoms with E-state index in [0.29, 0.717) is 35.6 Å². The Morgan fingerprint density at radius 3 is 2.49 bits per heavy atom. The van der Waals surface area contributed by atoms with E-state index >= 15 is 0 Å². The first-order valence-electron chi connectivity index (χ1n) is 15.1. The van der Waals surface area contributed by atoms with Crippen LogP contribution in [0.3, 0.4) is 0 Å². The number of hydrogen-bond donors (Lipinski definition) is 2. The minimum atomic E-state index is -1.14. The Labute approximate surface area is 254 Å². The quantitative estimate of drug-likeness (QED) is 0.453. The number of ether oxygens (including phenoxy) is 1. The average Bonchev–Trinajstić information content (AvgIpc) is 3.59. The van der Waals surface area contributed by atoms with Crippen molar-refractivity contribution >= 4 is 47.4 Å². The molecule has 41 heavy (non-hydrogen) atoms. The highest BCUT2D eigenvalue weighted by Crippen LogP contribution is 2.55. The lowest BCUT2D eigenvalue weighted by molar-refractivity contribution is -0.142. The molecule has 1 saturated carbocycles. The Morgan fingerprint density at radius 2 is 1.76 bits per heavy atom. The van der Waals surface area contributed by atoms with E-state index in [1.54, 1.807) is 29.2 Å². The smallest absolute Gasteiger partial charge is 0.246 e. The van der Waals surface area contributed by atoms with Gasteiger partial charge in [0.25, 0.3) is 0 Å². The molecule has 2 N–H and O–H groups in total. The van der Waals surface area contributed by atoms with Gasteiger partial charge in [0, 0.05) is 29.8 Å². The van der Waals surface area contributed by atoms with Gasteiger partial charge < -0.3 is 25.2 Å². The number of nitrogens with one attached hydrogen (secondary N) is 2. The minimum absolute atomic E-state index is 0. The van der Waals surface area contributed by atoms with Crippen LogP contribution in [0.25, 0.3) is 0 Å². The van der Waals surface area contributed by atoms with Crippen LogP contribution in [0.2, 0.25) is 5.02 Å². The van der Waals surface area contributed by atoms with E-state index in [4.69, 9.17) is 16.3 Å². The fraction of sp³-hybridized carbons (Fsp3) is 0.645. The number of anilines is 1. The largest absolute Gasteiger partial charge is 0.359 e. The lowest BCUT2D eigenvalue weighted by Gasteiger charge is -2.38. The van der Waals surface area contributed by atoms with Gasteiger partial charge in [-0.05, 0) is 68.5 Å². The molecule has 0 aromatic heterocycles. The number of piperidine rings is 1. The number of hydrogen-bond acceptors (Lipinski definition) is 5. The summed E-state index contributed by atoms with van der Waals surface area (Å²) in [5.41, 5.74) is -0.531. The summed E-state index contributed by atoms with van der Waals surface area (Å²) in [5.74, 6) is -1.16. The summed E-state index contributed by atoms with van der Waals surface area (Å²) >= 11 is 6.02. The molecule has 5 aliphatic rings. The Morgan fingerprint density at radius 1 is 1.02 bits per heavy atom. The van der Waals surface area contributed by atoms with Crippen molar-refractivity contribution < 1.29 is 19.1 Å². The maximum absolute atomic E-state index is 14.2. The minimum Gasteiger partial charge on any atom is -0.359 e. The first kappa shape index (κ1) is 30.3. The van der Waals surface area contributed by atoms with Crippen molar-refractivity contribution in [2.75, 3.05) is 31.5 Å². The number of halogens is 2. The van der Waals surface area contributed by atoms with Gasteiger partial charge in [-0.3, -0.25) is 14.4 Å². The van der Waals surface area contributed by atoms with Gasteiger partial charge >= 0.3 is 0 Å². The topological polar surface area (TPSA) is 91.0 Å². The summed E-state index contributed by atoms with van der Waals surface area (Å²) in [5, 5.41) is 6.87. The molecule has 1 aromatic rings. The molecule has 10 heteroatoms. The Hall–Kier alpha value is -2.13. The normalized spacial score (nSPS) is 36.1. The van der Waals surface area contributed by atoms with Crippen molar-refractivity contribution in [1.82, 2.24) is 15.1 Å². The number of carbonyl (C=O) groups excluding carboxylic acids is 3. The predicted molar refractivity (Wildman–Crippen MR) is 161 cm³/mol. The van der Waals surface area contributed by atoms with E-state index < -0.39 is 29.6 Å². The molecule has 8 atom stereocenters. The van der Waals surface area contributed by atoms with E-state index in [1.807, 2.05) is 12.2 Å². The van der Waals surface area contributed by atoms with Crippen molar-refractivity contribution in [1.29, 1.82) is 0 Å². The molecule has 1 aliphatic carbocycles. The van der Waals surface area contributed by atoms with Gasteiger partial charge in [0.15, 0.2) is 0 Å². The number of carbonyl (C=O) groups is 3. The van der Waals surface area contributed by atoms with Crippen LogP contribution in [-0.2, 0) is 19.1 Å². The van der Waals surface area contributed by atoms with Crippen LogP contribution < -0.4 is 10.6 Å². The summed E-state index contributed by atoms with van der Waals surface area (Å²) in [6.45, 7) is 7.63. The maximum Gasteiger partial charge on any atom is 0.246 e. The second-order valence-corrected chi connectivity index (χ2v) is 13.0. The molecule has 3 saturated heterocycles. The maximum atomic E-state index is 14.2. The van der Waals surface area contributed by atoms with Crippen LogP contribution in [0.15, 0.2) is 36.4 Å². The van der Waals surface area contributed by atoms with Gasteiger partial charge in [-0.25, -0.2) is 0 Å². The van der Waals surface area contributed by atoms with Crippen molar-refractivity contribution in [3.05, 3.63) is 41.4 Å². The Kier molecular flexibility index (Phi) is 9.05. The molecule has 1 spiro atoms.